The van der Waals surface area contributed by atoms with E-state index in [2.05, 4.69) is 5.32 Å². The van der Waals surface area contributed by atoms with E-state index in [1.807, 2.05) is 6.92 Å². The minimum Gasteiger partial charge on any atom is -0.497 e. The van der Waals surface area contributed by atoms with Crippen molar-refractivity contribution in [3.63, 3.8) is 0 Å². The van der Waals surface area contributed by atoms with Gasteiger partial charge in [0.2, 0.25) is 11.8 Å². The van der Waals surface area contributed by atoms with Gasteiger partial charge in [-0.3, -0.25) is 13.9 Å². The molecule has 0 aliphatic rings. The summed E-state index contributed by atoms with van der Waals surface area (Å²) in [5, 5.41) is 3.08. The summed E-state index contributed by atoms with van der Waals surface area (Å²) in [7, 11) is 0.0764. The zero-order chi connectivity index (χ0) is 28.7. The van der Waals surface area contributed by atoms with E-state index in [1.165, 1.54) is 44.4 Å². The lowest BCUT2D eigenvalue weighted by molar-refractivity contribution is -0.139. The monoisotopic (exact) mass is 573 g/mol. The number of methoxy groups -OCH3 is 2. The van der Waals surface area contributed by atoms with Gasteiger partial charge in [-0.15, -0.1) is 0 Å². The molecule has 11 heteroatoms. The van der Waals surface area contributed by atoms with E-state index in [-0.39, 0.29) is 22.9 Å². The molecule has 1 atom stereocenters. The van der Waals surface area contributed by atoms with Crippen LogP contribution < -0.4 is 19.1 Å². The molecule has 0 spiro atoms. The Morgan fingerprint density at radius 3 is 2.18 bits per heavy atom. The van der Waals surface area contributed by atoms with Crippen molar-refractivity contribution in [2.75, 3.05) is 32.1 Å². The lowest BCUT2D eigenvalue weighted by atomic mass is 10.1. The summed E-state index contributed by atoms with van der Waals surface area (Å²) in [6.07, 6.45) is 0. The van der Waals surface area contributed by atoms with Crippen molar-refractivity contribution in [1.82, 2.24) is 10.2 Å². The molecule has 1 N–H and O–H groups in total. The molecule has 3 rings (SSSR count). The van der Waals surface area contributed by atoms with Gasteiger partial charge < -0.3 is 19.7 Å². The van der Waals surface area contributed by atoms with Crippen molar-refractivity contribution < 1.29 is 27.5 Å². The fraction of sp³-hybridized carbons (Fsp3) is 0.286. The Balaban J connectivity index is 2.12. The van der Waals surface area contributed by atoms with Crippen molar-refractivity contribution in [2.45, 2.75) is 31.3 Å². The largest absolute Gasteiger partial charge is 0.497 e. The molecule has 0 fully saturated rings. The summed E-state index contributed by atoms with van der Waals surface area (Å²) in [5.41, 5.74) is 1.71. The van der Waals surface area contributed by atoms with Crippen LogP contribution in [0.5, 0.6) is 11.5 Å². The number of likely N-dealkylation sites (N-methyl/N-ethyl adjacent to an activating group) is 1. The van der Waals surface area contributed by atoms with Gasteiger partial charge in [0, 0.05) is 24.7 Å². The Kier molecular flexibility index (Phi) is 9.82. The molecule has 0 radical (unpaired) electrons. The molecule has 3 aromatic rings. The Morgan fingerprint density at radius 1 is 0.974 bits per heavy atom. The van der Waals surface area contributed by atoms with Crippen LogP contribution in [0.15, 0.2) is 71.6 Å². The van der Waals surface area contributed by atoms with E-state index in [0.717, 1.165) is 15.4 Å². The van der Waals surface area contributed by atoms with Crippen LogP contribution in [0, 0.1) is 6.92 Å². The van der Waals surface area contributed by atoms with Crippen LogP contribution in [0.2, 0.25) is 5.02 Å². The summed E-state index contributed by atoms with van der Waals surface area (Å²) in [6.45, 7) is 2.88. The van der Waals surface area contributed by atoms with E-state index in [4.69, 9.17) is 21.1 Å². The Bertz CT molecular complexity index is 1410. The standard InChI is InChI=1S/C28H32ClN3O6S/c1-19-6-13-24(14-7-19)39(35,36)32(25-16-23(37-4)12-15-26(25)38-5)18-27(33)31(20(2)28(34)30-3)17-21-8-10-22(29)11-9-21/h6-16,20H,17-18H2,1-5H3,(H,30,34)/t20-/m0/s1. The number of carbonyl (C=O) groups is 2. The first-order chi connectivity index (χ1) is 18.5. The SMILES string of the molecule is CNC(=O)[C@H](C)N(Cc1ccc(Cl)cc1)C(=O)CN(c1cc(OC)ccc1OC)S(=O)(=O)c1ccc(C)cc1. The smallest absolute Gasteiger partial charge is 0.264 e. The topological polar surface area (TPSA) is 105 Å². The fourth-order valence-corrected chi connectivity index (χ4v) is 5.46. The summed E-state index contributed by atoms with van der Waals surface area (Å²) in [4.78, 5) is 27.8. The molecule has 39 heavy (non-hydrogen) atoms. The minimum absolute atomic E-state index is 0.00521. The van der Waals surface area contributed by atoms with Gasteiger partial charge in [0.15, 0.2) is 0 Å². The number of nitrogens with one attached hydrogen (secondary N) is 1. The molecule has 0 aliphatic heterocycles. The summed E-state index contributed by atoms with van der Waals surface area (Å²) < 4.78 is 39.8. The highest BCUT2D eigenvalue weighted by Gasteiger charge is 2.34. The normalized spacial score (nSPS) is 11.8. The van der Waals surface area contributed by atoms with Crippen LogP contribution in [0.1, 0.15) is 18.1 Å². The van der Waals surface area contributed by atoms with Crippen molar-refractivity contribution in [1.29, 1.82) is 0 Å². The lowest BCUT2D eigenvalue weighted by Crippen LogP contribution is -2.50. The molecule has 0 unspecified atom stereocenters. The Morgan fingerprint density at radius 2 is 1.62 bits per heavy atom. The van der Waals surface area contributed by atoms with E-state index in [0.29, 0.717) is 10.8 Å². The van der Waals surface area contributed by atoms with E-state index < -0.39 is 34.4 Å². The second-order valence-corrected chi connectivity index (χ2v) is 11.1. The zero-order valence-corrected chi connectivity index (χ0v) is 24.0. The first-order valence-electron chi connectivity index (χ1n) is 12.1. The maximum Gasteiger partial charge on any atom is 0.264 e. The van der Waals surface area contributed by atoms with Gasteiger partial charge in [0.05, 0.1) is 24.8 Å². The van der Waals surface area contributed by atoms with Gasteiger partial charge in [0.1, 0.15) is 24.1 Å². The van der Waals surface area contributed by atoms with Crippen molar-refractivity contribution in [2.24, 2.45) is 0 Å². The van der Waals surface area contributed by atoms with Crippen LogP contribution in [-0.4, -0.2) is 59.0 Å². The average Bonchev–Trinajstić information content (AvgIpc) is 2.94. The van der Waals surface area contributed by atoms with Gasteiger partial charge in [-0.25, -0.2) is 8.42 Å². The maximum atomic E-state index is 14.0. The number of hydrogen-bond donors (Lipinski definition) is 1. The number of rotatable bonds is 11. The molecular formula is C28H32ClN3O6S. The quantitative estimate of drug-likeness (QED) is 0.371. The molecule has 0 bridgehead atoms. The van der Waals surface area contributed by atoms with Crippen molar-refractivity contribution in [3.05, 3.63) is 82.9 Å². The lowest BCUT2D eigenvalue weighted by Gasteiger charge is -2.32. The van der Waals surface area contributed by atoms with Crippen LogP contribution in [0.3, 0.4) is 0 Å². The number of anilines is 1. The number of hydrogen-bond acceptors (Lipinski definition) is 6. The van der Waals surface area contributed by atoms with Crippen LogP contribution in [0.4, 0.5) is 5.69 Å². The number of nitrogens with zero attached hydrogens (tertiary/aromatic N) is 2. The molecule has 208 valence electrons. The first-order valence-corrected chi connectivity index (χ1v) is 13.9. The number of amides is 2. The minimum atomic E-state index is -4.25. The van der Waals surface area contributed by atoms with Crippen molar-refractivity contribution in [3.8, 4) is 11.5 Å². The number of aryl methyl sites for hydroxylation is 1. The average molecular weight is 574 g/mol. The van der Waals surface area contributed by atoms with Gasteiger partial charge >= 0.3 is 0 Å². The predicted molar refractivity (Wildman–Crippen MR) is 151 cm³/mol. The van der Waals surface area contributed by atoms with Gasteiger partial charge in [-0.1, -0.05) is 41.4 Å². The zero-order valence-electron chi connectivity index (χ0n) is 22.5. The molecule has 0 saturated carbocycles. The first kappa shape index (κ1) is 29.8. The third kappa shape index (κ3) is 7.01. The van der Waals surface area contributed by atoms with E-state index in [9.17, 15) is 18.0 Å². The van der Waals surface area contributed by atoms with E-state index in [1.54, 1.807) is 55.5 Å². The summed E-state index contributed by atoms with van der Waals surface area (Å²) >= 11 is 6.01. The van der Waals surface area contributed by atoms with Crippen molar-refractivity contribution >= 4 is 39.1 Å². The number of sulfonamides is 1. The Labute approximate surface area is 234 Å². The molecule has 2 amide bonds. The highest BCUT2D eigenvalue weighted by atomic mass is 35.5. The fourth-order valence-electron chi connectivity index (χ4n) is 3.92. The Hall–Kier alpha value is -3.76. The predicted octanol–water partition coefficient (Wildman–Crippen LogP) is 4.02. The van der Waals surface area contributed by atoms with Crippen LogP contribution in [-0.2, 0) is 26.2 Å². The van der Waals surface area contributed by atoms with Gasteiger partial charge in [-0.05, 0) is 55.8 Å². The number of ether oxygens (including phenoxy) is 2. The molecule has 0 heterocycles. The molecule has 9 nitrogen and oxygen atoms in total. The van der Waals surface area contributed by atoms with Crippen LogP contribution in [0.25, 0.3) is 0 Å². The van der Waals surface area contributed by atoms with Gasteiger partial charge in [0.25, 0.3) is 10.0 Å². The summed E-state index contributed by atoms with van der Waals surface area (Å²) in [5.74, 6) is -0.396. The number of halogens is 1. The second-order valence-electron chi connectivity index (χ2n) is 8.80. The molecule has 3 aromatic carbocycles. The van der Waals surface area contributed by atoms with Gasteiger partial charge in [-0.2, -0.15) is 0 Å². The highest BCUT2D eigenvalue weighted by molar-refractivity contribution is 7.92. The molecule has 0 saturated heterocycles. The number of carbonyl (C=O) groups excluding carboxylic acids is 2. The maximum absolute atomic E-state index is 14.0. The molecule has 0 aliphatic carbocycles. The van der Waals surface area contributed by atoms with Crippen LogP contribution >= 0.6 is 11.6 Å². The van der Waals surface area contributed by atoms with E-state index >= 15 is 0 Å². The highest BCUT2D eigenvalue weighted by Crippen LogP contribution is 2.36. The molecular weight excluding hydrogens is 542 g/mol. The summed E-state index contributed by atoms with van der Waals surface area (Å²) in [6, 6.07) is 16.9. The third-order valence-corrected chi connectivity index (χ3v) is 8.25. The second kappa shape index (κ2) is 12.9. The molecule has 0 aromatic heterocycles. The number of benzene rings is 3. The third-order valence-electron chi connectivity index (χ3n) is 6.22.